The summed E-state index contributed by atoms with van der Waals surface area (Å²) in [5.41, 5.74) is 4.14. The molecule has 2 aromatic rings. The van der Waals surface area contributed by atoms with Gasteiger partial charge in [-0.25, -0.2) is 0 Å². The molecule has 0 radical (unpaired) electrons. The summed E-state index contributed by atoms with van der Waals surface area (Å²) in [5.74, 6) is 0.643. The first-order chi connectivity index (χ1) is 10.8. The van der Waals surface area contributed by atoms with Crippen LogP contribution in [0.15, 0.2) is 42.6 Å². The van der Waals surface area contributed by atoms with E-state index in [1.54, 1.807) is 0 Å². The lowest BCUT2D eigenvalue weighted by molar-refractivity contribution is 0.0966. The second-order valence-electron chi connectivity index (χ2n) is 6.01. The zero-order valence-electron chi connectivity index (χ0n) is 12.5. The fraction of sp³-hybridized carbons (Fsp3) is 0.333. The first-order valence-electron chi connectivity index (χ1n) is 7.89. The molecule has 4 rings (SSSR count). The maximum absolute atomic E-state index is 12.0. The number of carbonyl (C=O) groups is 1. The van der Waals surface area contributed by atoms with Gasteiger partial charge >= 0.3 is 0 Å². The molecule has 1 aromatic heterocycles. The van der Waals surface area contributed by atoms with E-state index in [0.29, 0.717) is 12.5 Å². The molecule has 2 aliphatic rings. The highest BCUT2D eigenvalue weighted by atomic mass is 16.1. The standard InChI is InChI=1S/C18H19N3O/c22-18-17-15(12-20-18)19-9-6-16(17)21-10-7-14(8-11-21)13-4-2-1-3-5-13/h1-6,9,14H,7-8,10-12H2,(H,20,22). The number of piperidine rings is 1. The number of benzene rings is 1. The van der Waals surface area contributed by atoms with E-state index in [9.17, 15) is 4.79 Å². The Hall–Kier alpha value is -2.36. The minimum absolute atomic E-state index is 0.0169. The minimum Gasteiger partial charge on any atom is -0.371 e. The van der Waals surface area contributed by atoms with Gasteiger partial charge in [0.1, 0.15) is 0 Å². The van der Waals surface area contributed by atoms with Gasteiger partial charge in [-0.05, 0) is 30.4 Å². The summed E-state index contributed by atoms with van der Waals surface area (Å²) in [6.07, 6.45) is 4.07. The van der Waals surface area contributed by atoms with Crippen molar-refractivity contribution in [3.63, 3.8) is 0 Å². The van der Waals surface area contributed by atoms with E-state index in [0.717, 1.165) is 42.9 Å². The van der Waals surface area contributed by atoms with Gasteiger partial charge in [0.05, 0.1) is 23.5 Å². The monoisotopic (exact) mass is 293 g/mol. The average molecular weight is 293 g/mol. The molecule has 3 heterocycles. The van der Waals surface area contributed by atoms with Crippen LogP contribution in [0.1, 0.15) is 40.4 Å². The number of hydrogen-bond acceptors (Lipinski definition) is 3. The Morgan fingerprint density at radius 3 is 2.64 bits per heavy atom. The van der Waals surface area contributed by atoms with E-state index in [2.05, 4.69) is 45.5 Å². The topological polar surface area (TPSA) is 45.2 Å². The number of nitrogens with one attached hydrogen (secondary N) is 1. The predicted octanol–water partition coefficient (Wildman–Crippen LogP) is 2.71. The van der Waals surface area contributed by atoms with E-state index in [4.69, 9.17) is 0 Å². The third kappa shape index (κ3) is 2.25. The molecule has 0 bridgehead atoms. The lowest BCUT2D eigenvalue weighted by atomic mass is 9.89. The molecule has 0 unspecified atom stereocenters. The molecule has 0 atom stereocenters. The predicted molar refractivity (Wildman–Crippen MR) is 86.0 cm³/mol. The highest BCUT2D eigenvalue weighted by Gasteiger charge is 2.28. The van der Waals surface area contributed by atoms with Crippen LogP contribution < -0.4 is 10.2 Å². The van der Waals surface area contributed by atoms with Gasteiger partial charge in [0.25, 0.3) is 5.91 Å². The molecule has 2 aliphatic heterocycles. The zero-order valence-corrected chi connectivity index (χ0v) is 12.5. The maximum Gasteiger partial charge on any atom is 0.255 e. The lowest BCUT2D eigenvalue weighted by Gasteiger charge is -2.34. The van der Waals surface area contributed by atoms with Gasteiger partial charge < -0.3 is 10.2 Å². The Balaban J connectivity index is 1.53. The number of anilines is 1. The summed E-state index contributed by atoms with van der Waals surface area (Å²) in [4.78, 5) is 18.7. The molecule has 22 heavy (non-hydrogen) atoms. The maximum atomic E-state index is 12.0. The second-order valence-corrected chi connectivity index (χ2v) is 6.01. The number of aromatic nitrogens is 1. The van der Waals surface area contributed by atoms with Gasteiger partial charge in [0, 0.05) is 19.3 Å². The number of carbonyl (C=O) groups excluding carboxylic acids is 1. The van der Waals surface area contributed by atoms with Gasteiger partial charge in [-0.2, -0.15) is 0 Å². The molecular formula is C18H19N3O. The van der Waals surface area contributed by atoms with E-state index in [1.807, 2.05) is 12.3 Å². The Labute approximate surface area is 130 Å². The Morgan fingerprint density at radius 2 is 1.86 bits per heavy atom. The quantitative estimate of drug-likeness (QED) is 0.926. The normalized spacial score (nSPS) is 18.2. The van der Waals surface area contributed by atoms with Crippen molar-refractivity contribution in [1.82, 2.24) is 10.3 Å². The molecule has 1 fully saturated rings. The molecule has 4 nitrogen and oxygen atoms in total. The molecule has 1 N–H and O–H groups in total. The van der Waals surface area contributed by atoms with E-state index < -0.39 is 0 Å². The molecule has 1 amide bonds. The van der Waals surface area contributed by atoms with Crippen LogP contribution in [-0.4, -0.2) is 24.0 Å². The largest absolute Gasteiger partial charge is 0.371 e. The fourth-order valence-electron chi connectivity index (χ4n) is 3.57. The number of pyridine rings is 1. The molecule has 112 valence electrons. The van der Waals surface area contributed by atoms with Crippen LogP contribution in [-0.2, 0) is 6.54 Å². The number of fused-ring (bicyclic) bond motifs is 1. The van der Waals surface area contributed by atoms with Gasteiger partial charge in [0.2, 0.25) is 0 Å². The SMILES string of the molecule is O=C1NCc2nccc(N3CCC(c4ccccc4)CC3)c21. The van der Waals surface area contributed by atoms with Gasteiger partial charge in [0.15, 0.2) is 0 Å². The van der Waals surface area contributed by atoms with E-state index in [1.165, 1.54) is 5.56 Å². The van der Waals surface area contributed by atoms with Crippen LogP contribution in [0.2, 0.25) is 0 Å². The van der Waals surface area contributed by atoms with Crippen LogP contribution in [0.4, 0.5) is 5.69 Å². The number of amides is 1. The molecule has 0 aliphatic carbocycles. The summed E-state index contributed by atoms with van der Waals surface area (Å²) < 4.78 is 0. The molecule has 4 heteroatoms. The van der Waals surface area contributed by atoms with Crippen LogP contribution >= 0.6 is 0 Å². The summed E-state index contributed by atoms with van der Waals surface area (Å²) in [7, 11) is 0. The molecule has 1 saturated heterocycles. The highest BCUT2D eigenvalue weighted by molar-refractivity contribution is 6.03. The van der Waals surface area contributed by atoms with Crippen molar-refractivity contribution in [3.05, 3.63) is 59.4 Å². The van der Waals surface area contributed by atoms with E-state index in [-0.39, 0.29) is 5.91 Å². The van der Waals surface area contributed by atoms with Gasteiger partial charge in [-0.1, -0.05) is 30.3 Å². The number of hydrogen-bond donors (Lipinski definition) is 1. The number of rotatable bonds is 2. The zero-order chi connectivity index (χ0) is 14.9. The van der Waals surface area contributed by atoms with Crippen LogP contribution in [0.5, 0.6) is 0 Å². The van der Waals surface area contributed by atoms with E-state index >= 15 is 0 Å². The second kappa shape index (κ2) is 5.44. The van der Waals surface area contributed by atoms with Crippen molar-refractivity contribution in [2.45, 2.75) is 25.3 Å². The van der Waals surface area contributed by atoms with Crippen LogP contribution in [0.3, 0.4) is 0 Å². The molecule has 1 aromatic carbocycles. The lowest BCUT2D eigenvalue weighted by Crippen LogP contribution is -2.34. The van der Waals surface area contributed by atoms with Crippen molar-refractivity contribution in [2.24, 2.45) is 0 Å². The molecule has 0 spiro atoms. The average Bonchev–Trinajstić information content (AvgIpc) is 2.97. The van der Waals surface area contributed by atoms with Gasteiger partial charge in [-0.15, -0.1) is 0 Å². The minimum atomic E-state index is 0.0169. The van der Waals surface area contributed by atoms with Crippen LogP contribution in [0, 0.1) is 0 Å². The first kappa shape index (κ1) is 13.3. The summed E-state index contributed by atoms with van der Waals surface area (Å²) in [6, 6.07) is 12.7. The van der Waals surface area contributed by atoms with Crippen LogP contribution in [0.25, 0.3) is 0 Å². The summed E-state index contributed by atoms with van der Waals surface area (Å²) >= 11 is 0. The van der Waals surface area contributed by atoms with Crippen molar-refractivity contribution >= 4 is 11.6 Å². The third-order valence-electron chi connectivity index (χ3n) is 4.76. The van der Waals surface area contributed by atoms with Crippen molar-refractivity contribution in [3.8, 4) is 0 Å². The van der Waals surface area contributed by atoms with Crippen molar-refractivity contribution in [1.29, 1.82) is 0 Å². The Kier molecular flexibility index (Phi) is 3.29. The fourth-order valence-corrected chi connectivity index (χ4v) is 3.57. The molecule has 0 saturated carbocycles. The Morgan fingerprint density at radius 1 is 1.09 bits per heavy atom. The summed E-state index contributed by atoms with van der Waals surface area (Å²) in [6.45, 7) is 2.54. The number of nitrogens with zero attached hydrogens (tertiary/aromatic N) is 2. The van der Waals surface area contributed by atoms with Gasteiger partial charge in [-0.3, -0.25) is 9.78 Å². The molecular weight excluding hydrogens is 274 g/mol. The summed E-state index contributed by atoms with van der Waals surface area (Å²) in [5, 5.41) is 2.87. The van der Waals surface area contributed by atoms with Crippen molar-refractivity contribution in [2.75, 3.05) is 18.0 Å². The highest BCUT2D eigenvalue weighted by Crippen LogP contribution is 2.33. The van der Waals surface area contributed by atoms with Crippen molar-refractivity contribution < 1.29 is 4.79 Å². The Bertz CT molecular complexity index is 691. The smallest absolute Gasteiger partial charge is 0.255 e. The third-order valence-corrected chi connectivity index (χ3v) is 4.76. The first-order valence-corrected chi connectivity index (χ1v) is 7.89.